The van der Waals surface area contributed by atoms with E-state index >= 15 is 0 Å². The normalized spacial score (nSPS) is 32.0. The van der Waals surface area contributed by atoms with Gasteiger partial charge in [-0.3, -0.25) is 0 Å². The first-order chi connectivity index (χ1) is 6.81. The fraction of sp³-hybridized carbons (Fsp3) is 0.900. The highest BCUT2D eigenvalue weighted by molar-refractivity contribution is 5.48. The number of methoxy groups -OCH3 is 2. The summed E-state index contributed by atoms with van der Waals surface area (Å²) in [4.78, 5) is 10.2. The Hall–Kier alpha value is -0.450. The first kappa shape index (κ1) is 11.6. The minimum Gasteiger partial charge on any atom is -0.356 e. The molecule has 0 saturated carbocycles. The van der Waals surface area contributed by atoms with Crippen LogP contribution in [0.4, 0.5) is 0 Å². The lowest BCUT2D eigenvalue weighted by Crippen LogP contribution is -2.18. The predicted octanol–water partition coefficient (Wildman–Crippen LogP) is 1.34. The average molecular weight is 202 g/mol. The van der Waals surface area contributed by atoms with Crippen LogP contribution in [-0.4, -0.2) is 33.1 Å². The standard InChI is InChI=1S/C10H18O4/c1-12-9-7-8(5-3-4-6-11)10(13-2)14-9/h6,8-10H,3-5,7H2,1-2H3. The third kappa shape index (κ3) is 3.04. The third-order valence-electron chi connectivity index (χ3n) is 2.56. The molecule has 1 rings (SSSR count). The molecule has 3 unspecified atom stereocenters. The zero-order valence-corrected chi connectivity index (χ0v) is 8.77. The molecule has 0 aromatic heterocycles. The number of hydrogen-bond acceptors (Lipinski definition) is 4. The van der Waals surface area contributed by atoms with Crippen LogP contribution in [0.2, 0.25) is 0 Å². The topological polar surface area (TPSA) is 44.8 Å². The maximum Gasteiger partial charge on any atom is 0.163 e. The summed E-state index contributed by atoms with van der Waals surface area (Å²) in [6, 6.07) is 0. The molecule has 1 aliphatic rings. The van der Waals surface area contributed by atoms with Crippen LogP contribution in [0.1, 0.15) is 25.7 Å². The van der Waals surface area contributed by atoms with E-state index in [-0.39, 0.29) is 12.6 Å². The average Bonchev–Trinajstić information content (AvgIpc) is 2.61. The van der Waals surface area contributed by atoms with Crippen LogP contribution in [-0.2, 0) is 19.0 Å². The Morgan fingerprint density at radius 3 is 2.79 bits per heavy atom. The number of ether oxygens (including phenoxy) is 3. The maximum absolute atomic E-state index is 10.2. The number of unbranched alkanes of at least 4 members (excludes halogenated alkanes) is 1. The Bertz CT molecular complexity index is 172. The van der Waals surface area contributed by atoms with Crippen molar-refractivity contribution < 1.29 is 19.0 Å². The molecule has 0 aromatic rings. The van der Waals surface area contributed by atoms with E-state index in [1.54, 1.807) is 14.2 Å². The van der Waals surface area contributed by atoms with Crippen LogP contribution >= 0.6 is 0 Å². The summed E-state index contributed by atoms with van der Waals surface area (Å²) >= 11 is 0. The largest absolute Gasteiger partial charge is 0.356 e. The number of rotatable bonds is 6. The smallest absolute Gasteiger partial charge is 0.163 e. The molecular weight excluding hydrogens is 184 g/mol. The van der Waals surface area contributed by atoms with Gasteiger partial charge in [0.1, 0.15) is 6.29 Å². The molecule has 1 saturated heterocycles. The lowest BCUT2D eigenvalue weighted by molar-refractivity contribution is -0.193. The summed E-state index contributed by atoms with van der Waals surface area (Å²) in [5.74, 6) is 0.352. The fourth-order valence-corrected chi connectivity index (χ4v) is 1.79. The van der Waals surface area contributed by atoms with E-state index in [1.165, 1.54) is 0 Å². The number of carbonyl (C=O) groups excluding carboxylic acids is 1. The Morgan fingerprint density at radius 2 is 2.21 bits per heavy atom. The van der Waals surface area contributed by atoms with Crippen molar-refractivity contribution in [3.63, 3.8) is 0 Å². The van der Waals surface area contributed by atoms with Crippen LogP contribution in [0.5, 0.6) is 0 Å². The lowest BCUT2D eigenvalue weighted by Gasteiger charge is -2.15. The van der Waals surface area contributed by atoms with Crippen LogP contribution in [0.25, 0.3) is 0 Å². The van der Waals surface area contributed by atoms with E-state index in [4.69, 9.17) is 14.2 Å². The molecule has 0 aromatic carbocycles. The second kappa shape index (κ2) is 6.11. The summed E-state index contributed by atoms with van der Waals surface area (Å²) < 4.78 is 15.8. The predicted molar refractivity (Wildman–Crippen MR) is 50.7 cm³/mol. The van der Waals surface area contributed by atoms with E-state index in [1.807, 2.05) is 0 Å². The fourth-order valence-electron chi connectivity index (χ4n) is 1.79. The van der Waals surface area contributed by atoms with Crippen molar-refractivity contribution >= 4 is 6.29 Å². The minimum absolute atomic E-state index is 0.152. The van der Waals surface area contributed by atoms with Crippen molar-refractivity contribution in [1.82, 2.24) is 0 Å². The van der Waals surface area contributed by atoms with Crippen molar-refractivity contribution in [2.24, 2.45) is 5.92 Å². The van der Waals surface area contributed by atoms with E-state index in [0.29, 0.717) is 12.3 Å². The Morgan fingerprint density at radius 1 is 1.43 bits per heavy atom. The molecule has 0 aliphatic carbocycles. The SMILES string of the molecule is COC1CC(CCCC=O)C(OC)O1. The van der Waals surface area contributed by atoms with Gasteiger partial charge in [0, 0.05) is 33.0 Å². The third-order valence-corrected chi connectivity index (χ3v) is 2.56. The first-order valence-electron chi connectivity index (χ1n) is 4.96. The molecular formula is C10H18O4. The molecule has 4 nitrogen and oxygen atoms in total. The molecule has 1 heterocycles. The summed E-state index contributed by atoms with van der Waals surface area (Å²) in [7, 11) is 3.26. The van der Waals surface area contributed by atoms with Crippen LogP contribution < -0.4 is 0 Å². The number of aldehydes is 1. The van der Waals surface area contributed by atoms with Crippen molar-refractivity contribution in [2.75, 3.05) is 14.2 Å². The molecule has 4 heteroatoms. The zero-order valence-electron chi connectivity index (χ0n) is 8.77. The molecule has 1 fully saturated rings. The summed E-state index contributed by atoms with van der Waals surface area (Å²) in [6.45, 7) is 0. The summed E-state index contributed by atoms with van der Waals surface area (Å²) in [5.41, 5.74) is 0. The number of carbonyl (C=O) groups is 1. The molecule has 1 aliphatic heterocycles. The van der Waals surface area contributed by atoms with E-state index < -0.39 is 0 Å². The van der Waals surface area contributed by atoms with Crippen molar-refractivity contribution in [3.05, 3.63) is 0 Å². The molecule has 0 N–H and O–H groups in total. The van der Waals surface area contributed by atoms with Gasteiger partial charge >= 0.3 is 0 Å². The highest BCUT2D eigenvalue weighted by atomic mass is 16.8. The van der Waals surface area contributed by atoms with Gasteiger partial charge in [-0.25, -0.2) is 0 Å². The summed E-state index contributed by atoms with van der Waals surface area (Å²) in [6.07, 6.45) is 3.95. The van der Waals surface area contributed by atoms with Gasteiger partial charge in [0.2, 0.25) is 0 Å². The first-order valence-corrected chi connectivity index (χ1v) is 4.96. The van der Waals surface area contributed by atoms with Gasteiger partial charge in [0.15, 0.2) is 12.6 Å². The second-order valence-electron chi connectivity index (χ2n) is 3.50. The molecule has 0 radical (unpaired) electrons. The quantitative estimate of drug-likeness (QED) is 0.481. The molecule has 0 bridgehead atoms. The zero-order chi connectivity index (χ0) is 10.4. The van der Waals surface area contributed by atoms with Crippen molar-refractivity contribution in [3.8, 4) is 0 Å². The molecule has 14 heavy (non-hydrogen) atoms. The second-order valence-corrected chi connectivity index (χ2v) is 3.50. The number of hydrogen-bond donors (Lipinski definition) is 0. The Balaban J connectivity index is 2.30. The van der Waals surface area contributed by atoms with Gasteiger partial charge in [-0.15, -0.1) is 0 Å². The van der Waals surface area contributed by atoms with Gasteiger partial charge < -0.3 is 19.0 Å². The molecule has 0 amide bonds. The lowest BCUT2D eigenvalue weighted by atomic mass is 10.00. The van der Waals surface area contributed by atoms with E-state index in [9.17, 15) is 4.79 Å². The van der Waals surface area contributed by atoms with Gasteiger partial charge in [0.05, 0.1) is 0 Å². The summed E-state index contributed by atoms with van der Waals surface area (Å²) in [5, 5.41) is 0. The molecule has 0 spiro atoms. The van der Waals surface area contributed by atoms with Gasteiger partial charge in [-0.2, -0.15) is 0 Å². The van der Waals surface area contributed by atoms with Gasteiger partial charge in [0.25, 0.3) is 0 Å². The highest BCUT2D eigenvalue weighted by Crippen LogP contribution is 2.30. The maximum atomic E-state index is 10.2. The van der Waals surface area contributed by atoms with Gasteiger partial charge in [-0.1, -0.05) is 0 Å². The van der Waals surface area contributed by atoms with Crippen LogP contribution in [0, 0.1) is 5.92 Å². The highest BCUT2D eigenvalue weighted by Gasteiger charge is 2.34. The van der Waals surface area contributed by atoms with E-state index in [2.05, 4.69) is 0 Å². The monoisotopic (exact) mass is 202 g/mol. The molecule has 3 atom stereocenters. The van der Waals surface area contributed by atoms with Crippen LogP contribution in [0.15, 0.2) is 0 Å². The van der Waals surface area contributed by atoms with E-state index in [0.717, 1.165) is 25.5 Å². The Labute approximate surface area is 84.5 Å². The van der Waals surface area contributed by atoms with Gasteiger partial charge in [-0.05, 0) is 12.8 Å². The van der Waals surface area contributed by atoms with Crippen molar-refractivity contribution in [2.45, 2.75) is 38.3 Å². The van der Waals surface area contributed by atoms with Crippen molar-refractivity contribution in [1.29, 1.82) is 0 Å². The Kier molecular flexibility index (Phi) is 5.07. The van der Waals surface area contributed by atoms with Crippen LogP contribution in [0.3, 0.4) is 0 Å². The molecule has 82 valence electrons. The minimum atomic E-state index is -0.174.